The molecule has 1 aromatic rings. The van der Waals surface area contributed by atoms with E-state index in [0.29, 0.717) is 0 Å². The molecule has 26 heavy (non-hydrogen) atoms. The number of nitrogens with zero attached hydrogens (tertiary/aromatic N) is 5. The summed E-state index contributed by atoms with van der Waals surface area (Å²) < 4.78 is 5.06. The van der Waals surface area contributed by atoms with Crippen LogP contribution in [0.1, 0.15) is 13.3 Å². The summed E-state index contributed by atoms with van der Waals surface area (Å²) in [4.78, 5) is 17.9. The van der Waals surface area contributed by atoms with Crippen molar-refractivity contribution >= 4 is 35.9 Å². The number of aliphatic imine (C=N–C) groups is 1. The third-order valence-electron chi connectivity index (χ3n) is 4.05. The zero-order valence-corrected chi connectivity index (χ0v) is 18.2. The quantitative estimate of drug-likeness (QED) is 0.236. The van der Waals surface area contributed by atoms with Gasteiger partial charge in [0.1, 0.15) is 0 Å². The van der Waals surface area contributed by atoms with Crippen molar-refractivity contribution in [3.63, 3.8) is 0 Å². The molecule has 1 saturated heterocycles. The molecule has 8 nitrogen and oxygen atoms in total. The summed E-state index contributed by atoms with van der Waals surface area (Å²) in [5.41, 5.74) is 0. The fourth-order valence-corrected chi connectivity index (χ4v) is 2.70. The average Bonchev–Trinajstić information content (AvgIpc) is 2.66. The number of methoxy groups -OCH3 is 1. The number of hydrogen-bond acceptors (Lipinski definition) is 6. The van der Waals surface area contributed by atoms with E-state index in [-0.39, 0.29) is 24.0 Å². The van der Waals surface area contributed by atoms with Gasteiger partial charge in [0.05, 0.1) is 0 Å². The SMILES string of the molecule is CCNC(=NCCCOC)NCCN1CCN(c2ncccn2)CC1.I. The van der Waals surface area contributed by atoms with Crippen LogP contribution in [0.25, 0.3) is 0 Å². The van der Waals surface area contributed by atoms with Gasteiger partial charge in [0.2, 0.25) is 5.95 Å². The number of halogens is 1. The van der Waals surface area contributed by atoms with E-state index in [1.54, 1.807) is 19.5 Å². The van der Waals surface area contributed by atoms with E-state index in [9.17, 15) is 0 Å². The Morgan fingerprint density at radius 3 is 2.58 bits per heavy atom. The smallest absolute Gasteiger partial charge is 0.225 e. The van der Waals surface area contributed by atoms with Crippen LogP contribution < -0.4 is 15.5 Å². The lowest BCUT2D eigenvalue weighted by atomic mass is 10.3. The molecule has 0 aromatic carbocycles. The van der Waals surface area contributed by atoms with E-state index in [1.165, 1.54) is 0 Å². The Morgan fingerprint density at radius 1 is 1.19 bits per heavy atom. The maximum absolute atomic E-state index is 5.06. The summed E-state index contributed by atoms with van der Waals surface area (Å²) in [7, 11) is 1.72. The number of aromatic nitrogens is 2. The van der Waals surface area contributed by atoms with E-state index in [0.717, 1.165) is 77.3 Å². The van der Waals surface area contributed by atoms with Crippen molar-refractivity contribution in [2.45, 2.75) is 13.3 Å². The first-order valence-electron chi connectivity index (χ1n) is 9.09. The topological polar surface area (TPSA) is 77.9 Å². The minimum Gasteiger partial charge on any atom is -0.385 e. The fraction of sp³-hybridized carbons (Fsp3) is 0.706. The molecule has 9 heteroatoms. The minimum atomic E-state index is 0. The maximum atomic E-state index is 5.06. The molecular weight excluding hydrogens is 445 g/mol. The standard InChI is InChI=1S/C17H31N7O.HI/c1-3-18-16(19-8-5-15-25-2)20-9-10-23-11-13-24(14-12-23)17-21-6-4-7-22-17;/h4,6-7H,3,5,8-15H2,1-2H3,(H2,18,19,20);1H. The third kappa shape index (κ3) is 8.45. The van der Waals surface area contributed by atoms with Crippen LogP contribution in [-0.2, 0) is 4.74 Å². The zero-order chi connectivity index (χ0) is 17.7. The van der Waals surface area contributed by atoms with Crippen LogP contribution in [0.3, 0.4) is 0 Å². The number of nitrogens with one attached hydrogen (secondary N) is 2. The molecule has 1 aliphatic rings. The van der Waals surface area contributed by atoms with Gasteiger partial charge in [-0.3, -0.25) is 9.89 Å². The number of guanidine groups is 1. The molecule has 0 aliphatic carbocycles. The van der Waals surface area contributed by atoms with Crippen LogP contribution in [0.4, 0.5) is 5.95 Å². The normalized spacial score (nSPS) is 15.5. The molecule has 0 radical (unpaired) electrons. The molecule has 0 amide bonds. The largest absolute Gasteiger partial charge is 0.385 e. The molecule has 0 saturated carbocycles. The highest BCUT2D eigenvalue weighted by Gasteiger charge is 2.18. The molecule has 1 aliphatic heterocycles. The monoisotopic (exact) mass is 477 g/mol. The van der Waals surface area contributed by atoms with Gasteiger partial charge in [-0.1, -0.05) is 0 Å². The lowest BCUT2D eigenvalue weighted by Gasteiger charge is -2.34. The molecule has 0 bridgehead atoms. The summed E-state index contributed by atoms with van der Waals surface area (Å²) in [6.45, 7) is 10.4. The van der Waals surface area contributed by atoms with Crippen molar-refractivity contribution in [1.29, 1.82) is 0 Å². The van der Waals surface area contributed by atoms with Gasteiger partial charge in [0, 0.05) is 78.5 Å². The summed E-state index contributed by atoms with van der Waals surface area (Å²) in [6, 6.07) is 1.85. The second-order valence-electron chi connectivity index (χ2n) is 5.91. The molecular formula is C17H32IN7O. The highest BCUT2D eigenvalue weighted by molar-refractivity contribution is 14.0. The van der Waals surface area contributed by atoms with Gasteiger partial charge in [-0.05, 0) is 19.4 Å². The van der Waals surface area contributed by atoms with E-state index in [4.69, 9.17) is 4.74 Å². The first kappa shape index (κ1) is 22.8. The Morgan fingerprint density at radius 2 is 1.92 bits per heavy atom. The van der Waals surface area contributed by atoms with Crippen molar-refractivity contribution in [2.75, 3.05) is 71.0 Å². The Bertz CT molecular complexity index is 495. The van der Waals surface area contributed by atoms with E-state index >= 15 is 0 Å². The zero-order valence-electron chi connectivity index (χ0n) is 15.9. The second kappa shape index (κ2) is 13.9. The number of piperazine rings is 1. The Hall–Kier alpha value is -1.20. The van der Waals surface area contributed by atoms with E-state index < -0.39 is 0 Å². The summed E-state index contributed by atoms with van der Waals surface area (Å²) >= 11 is 0. The molecule has 2 rings (SSSR count). The minimum absolute atomic E-state index is 0. The first-order chi connectivity index (χ1) is 12.3. The van der Waals surface area contributed by atoms with Gasteiger partial charge in [0.25, 0.3) is 0 Å². The van der Waals surface area contributed by atoms with Crippen LogP contribution in [0.15, 0.2) is 23.5 Å². The molecule has 2 N–H and O–H groups in total. The molecule has 1 aromatic heterocycles. The molecule has 0 spiro atoms. The predicted molar refractivity (Wildman–Crippen MR) is 117 cm³/mol. The van der Waals surface area contributed by atoms with Crippen molar-refractivity contribution < 1.29 is 4.74 Å². The average molecular weight is 477 g/mol. The van der Waals surface area contributed by atoms with Gasteiger partial charge >= 0.3 is 0 Å². The van der Waals surface area contributed by atoms with Crippen LogP contribution >= 0.6 is 24.0 Å². The number of ether oxygens (including phenoxy) is 1. The lowest BCUT2D eigenvalue weighted by molar-refractivity contribution is 0.197. The van der Waals surface area contributed by atoms with E-state index in [2.05, 4.69) is 42.3 Å². The van der Waals surface area contributed by atoms with Crippen molar-refractivity contribution in [2.24, 2.45) is 4.99 Å². The number of hydrogen-bond donors (Lipinski definition) is 2. The van der Waals surface area contributed by atoms with Crippen molar-refractivity contribution in [3.05, 3.63) is 18.5 Å². The molecule has 148 valence electrons. The fourth-order valence-electron chi connectivity index (χ4n) is 2.70. The maximum Gasteiger partial charge on any atom is 0.225 e. The molecule has 0 atom stereocenters. The lowest BCUT2D eigenvalue weighted by Crippen LogP contribution is -2.49. The highest BCUT2D eigenvalue weighted by Crippen LogP contribution is 2.08. The summed E-state index contributed by atoms with van der Waals surface area (Å²) in [6.07, 6.45) is 4.54. The molecule has 0 unspecified atom stereocenters. The highest BCUT2D eigenvalue weighted by atomic mass is 127. The van der Waals surface area contributed by atoms with Crippen LogP contribution in [-0.4, -0.2) is 86.9 Å². The second-order valence-corrected chi connectivity index (χ2v) is 5.91. The summed E-state index contributed by atoms with van der Waals surface area (Å²) in [5, 5.41) is 6.69. The van der Waals surface area contributed by atoms with Gasteiger partial charge in [0.15, 0.2) is 5.96 Å². The Kier molecular flexibility index (Phi) is 12.2. The number of rotatable bonds is 9. The van der Waals surface area contributed by atoms with Gasteiger partial charge in [-0.15, -0.1) is 24.0 Å². The van der Waals surface area contributed by atoms with E-state index in [1.807, 2.05) is 6.07 Å². The third-order valence-corrected chi connectivity index (χ3v) is 4.05. The van der Waals surface area contributed by atoms with Gasteiger partial charge in [-0.2, -0.15) is 0 Å². The molecule has 2 heterocycles. The Balaban J connectivity index is 0.00000338. The van der Waals surface area contributed by atoms with Crippen molar-refractivity contribution in [3.8, 4) is 0 Å². The first-order valence-corrected chi connectivity index (χ1v) is 9.09. The van der Waals surface area contributed by atoms with Crippen LogP contribution in [0.2, 0.25) is 0 Å². The van der Waals surface area contributed by atoms with Crippen LogP contribution in [0.5, 0.6) is 0 Å². The molecule has 1 fully saturated rings. The Labute approximate surface area is 173 Å². The number of anilines is 1. The predicted octanol–water partition coefficient (Wildman–Crippen LogP) is 0.808. The van der Waals surface area contributed by atoms with Crippen molar-refractivity contribution in [1.82, 2.24) is 25.5 Å². The summed E-state index contributed by atoms with van der Waals surface area (Å²) in [5.74, 6) is 1.72. The van der Waals surface area contributed by atoms with Gasteiger partial charge < -0.3 is 20.3 Å². The van der Waals surface area contributed by atoms with Gasteiger partial charge in [-0.25, -0.2) is 9.97 Å². The van der Waals surface area contributed by atoms with Crippen LogP contribution in [0, 0.1) is 0 Å².